The Labute approximate surface area is 49.8 Å². The minimum Gasteiger partial charge on any atom is -0.394 e. The second-order valence-corrected chi connectivity index (χ2v) is 1.54. The van der Waals surface area contributed by atoms with Gasteiger partial charge in [-0.2, -0.15) is 0 Å². The Balaban J connectivity index is 2.98. The lowest BCUT2D eigenvalue weighted by Crippen LogP contribution is -2.07. The predicted molar refractivity (Wildman–Crippen MR) is 32.7 cm³/mol. The Morgan fingerprint density at radius 1 is 1.88 bits per heavy atom. The summed E-state index contributed by atoms with van der Waals surface area (Å²) in [5.41, 5.74) is 0. The second-order valence-electron chi connectivity index (χ2n) is 1.54. The smallest absolute Gasteiger partial charge is 0.0726 e. The van der Waals surface area contributed by atoms with E-state index in [2.05, 4.69) is 6.58 Å². The minimum absolute atomic E-state index is 0.0575. The van der Waals surface area contributed by atoms with Crippen molar-refractivity contribution in [1.82, 2.24) is 0 Å². The highest BCUT2D eigenvalue weighted by molar-refractivity contribution is 4.74. The number of hydrogen-bond acceptors (Lipinski definition) is 2. The van der Waals surface area contributed by atoms with Gasteiger partial charge < -0.3 is 9.84 Å². The van der Waals surface area contributed by atoms with E-state index in [1.165, 1.54) is 0 Å². The SMILES string of the molecule is C=CC(C)OCCO. The van der Waals surface area contributed by atoms with Crippen LogP contribution in [0, 0.1) is 0 Å². The Kier molecular flexibility index (Phi) is 4.61. The first-order valence-electron chi connectivity index (χ1n) is 2.66. The molecule has 48 valence electrons. The van der Waals surface area contributed by atoms with Crippen LogP contribution in [0.15, 0.2) is 12.7 Å². The number of aliphatic hydroxyl groups is 1. The van der Waals surface area contributed by atoms with Crippen molar-refractivity contribution >= 4 is 0 Å². The molecule has 0 saturated carbocycles. The minimum atomic E-state index is 0.0575. The van der Waals surface area contributed by atoms with E-state index < -0.39 is 0 Å². The zero-order chi connectivity index (χ0) is 6.41. The van der Waals surface area contributed by atoms with Gasteiger partial charge in [0.2, 0.25) is 0 Å². The van der Waals surface area contributed by atoms with E-state index in [4.69, 9.17) is 9.84 Å². The molecular formula is C6H12O2. The molecule has 0 aromatic carbocycles. The van der Waals surface area contributed by atoms with E-state index >= 15 is 0 Å². The fraction of sp³-hybridized carbons (Fsp3) is 0.667. The lowest BCUT2D eigenvalue weighted by molar-refractivity contribution is 0.0643. The monoisotopic (exact) mass is 116 g/mol. The molecule has 0 bridgehead atoms. The molecule has 0 aliphatic rings. The average Bonchev–Trinajstić information content (AvgIpc) is 1.83. The second kappa shape index (κ2) is 4.81. The number of ether oxygens (including phenoxy) is 1. The van der Waals surface area contributed by atoms with Gasteiger partial charge in [-0.1, -0.05) is 6.08 Å². The molecule has 0 heterocycles. The maximum absolute atomic E-state index is 8.25. The highest BCUT2D eigenvalue weighted by Gasteiger charge is 1.90. The van der Waals surface area contributed by atoms with Crippen LogP contribution in [0.5, 0.6) is 0 Å². The number of hydrogen-bond donors (Lipinski definition) is 1. The molecule has 0 aliphatic heterocycles. The fourth-order valence-electron chi connectivity index (χ4n) is 0.307. The lowest BCUT2D eigenvalue weighted by atomic mass is 10.4. The van der Waals surface area contributed by atoms with E-state index in [0.29, 0.717) is 6.61 Å². The molecule has 0 aromatic rings. The Morgan fingerprint density at radius 3 is 2.88 bits per heavy atom. The van der Waals surface area contributed by atoms with Gasteiger partial charge in [-0.3, -0.25) is 0 Å². The third-order valence-electron chi connectivity index (χ3n) is 0.804. The zero-order valence-electron chi connectivity index (χ0n) is 5.13. The van der Waals surface area contributed by atoms with Crippen molar-refractivity contribution in [2.24, 2.45) is 0 Å². The molecule has 0 saturated heterocycles. The lowest BCUT2D eigenvalue weighted by Gasteiger charge is -2.04. The zero-order valence-corrected chi connectivity index (χ0v) is 5.13. The summed E-state index contributed by atoms with van der Waals surface area (Å²) in [5.74, 6) is 0. The molecule has 8 heavy (non-hydrogen) atoms. The van der Waals surface area contributed by atoms with Crippen molar-refractivity contribution in [3.05, 3.63) is 12.7 Å². The molecule has 0 radical (unpaired) electrons. The Hall–Kier alpha value is -0.340. The van der Waals surface area contributed by atoms with E-state index in [1.807, 2.05) is 6.92 Å². The van der Waals surface area contributed by atoms with Gasteiger partial charge in [0, 0.05) is 0 Å². The average molecular weight is 116 g/mol. The Bertz CT molecular complexity index is 61.5. The Morgan fingerprint density at radius 2 is 2.50 bits per heavy atom. The van der Waals surface area contributed by atoms with Gasteiger partial charge in [0.15, 0.2) is 0 Å². The molecule has 1 atom stereocenters. The van der Waals surface area contributed by atoms with Gasteiger partial charge in [-0.05, 0) is 6.92 Å². The largest absolute Gasteiger partial charge is 0.394 e. The van der Waals surface area contributed by atoms with Gasteiger partial charge in [0.25, 0.3) is 0 Å². The van der Waals surface area contributed by atoms with Gasteiger partial charge in [-0.25, -0.2) is 0 Å². The predicted octanol–water partition coefficient (Wildman–Crippen LogP) is 0.570. The molecule has 0 rings (SSSR count). The topological polar surface area (TPSA) is 29.5 Å². The van der Waals surface area contributed by atoms with E-state index in [0.717, 1.165) is 0 Å². The number of rotatable bonds is 4. The van der Waals surface area contributed by atoms with Crippen LogP contribution in [0.2, 0.25) is 0 Å². The van der Waals surface area contributed by atoms with Gasteiger partial charge in [0.05, 0.1) is 19.3 Å². The first-order chi connectivity index (χ1) is 3.81. The molecule has 0 aromatic heterocycles. The molecule has 0 aliphatic carbocycles. The van der Waals surface area contributed by atoms with E-state index in [1.54, 1.807) is 6.08 Å². The summed E-state index contributed by atoms with van der Waals surface area (Å²) in [4.78, 5) is 0. The van der Waals surface area contributed by atoms with Gasteiger partial charge in [-0.15, -0.1) is 6.58 Å². The summed E-state index contributed by atoms with van der Waals surface area (Å²) in [7, 11) is 0. The van der Waals surface area contributed by atoms with Crippen LogP contribution < -0.4 is 0 Å². The standard InChI is InChI=1S/C6H12O2/c1-3-6(2)8-5-4-7/h3,6-7H,1,4-5H2,2H3. The molecule has 0 spiro atoms. The van der Waals surface area contributed by atoms with Crippen molar-refractivity contribution < 1.29 is 9.84 Å². The van der Waals surface area contributed by atoms with Crippen LogP contribution >= 0.6 is 0 Å². The summed E-state index contributed by atoms with van der Waals surface area (Å²) >= 11 is 0. The van der Waals surface area contributed by atoms with Crippen molar-refractivity contribution in [3.8, 4) is 0 Å². The summed E-state index contributed by atoms with van der Waals surface area (Å²) in [6, 6.07) is 0. The fourth-order valence-corrected chi connectivity index (χ4v) is 0.307. The van der Waals surface area contributed by atoms with Crippen LogP contribution in [0.1, 0.15) is 6.92 Å². The molecule has 2 nitrogen and oxygen atoms in total. The van der Waals surface area contributed by atoms with Crippen LogP contribution in [0.4, 0.5) is 0 Å². The highest BCUT2D eigenvalue weighted by atomic mass is 16.5. The van der Waals surface area contributed by atoms with Crippen molar-refractivity contribution in [1.29, 1.82) is 0 Å². The first kappa shape index (κ1) is 7.66. The third-order valence-corrected chi connectivity index (χ3v) is 0.804. The van der Waals surface area contributed by atoms with E-state index in [9.17, 15) is 0 Å². The number of aliphatic hydroxyl groups excluding tert-OH is 1. The molecule has 1 unspecified atom stereocenters. The molecule has 2 heteroatoms. The van der Waals surface area contributed by atoms with Crippen molar-refractivity contribution in [2.75, 3.05) is 13.2 Å². The third kappa shape index (κ3) is 3.84. The summed E-state index contributed by atoms with van der Waals surface area (Å²) in [6.45, 7) is 5.86. The van der Waals surface area contributed by atoms with Gasteiger partial charge in [0.1, 0.15) is 0 Å². The van der Waals surface area contributed by atoms with Crippen LogP contribution in [0.25, 0.3) is 0 Å². The van der Waals surface area contributed by atoms with Crippen LogP contribution in [-0.4, -0.2) is 24.4 Å². The highest BCUT2D eigenvalue weighted by Crippen LogP contribution is 1.88. The summed E-state index contributed by atoms with van der Waals surface area (Å²) in [6.07, 6.45) is 1.75. The maximum atomic E-state index is 8.25. The molecule has 0 amide bonds. The quantitative estimate of drug-likeness (QED) is 0.544. The first-order valence-corrected chi connectivity index (χ1v) is 2.66. The molecular weight excluding hydrogens is 104 g/mol. The van der Waals surface area contributed by atoms with Crippen molar-refractivity contribution in [2.45, 2.75) is 13.0 Å². The summed E-state index contributed by atoms with van der Waals surface area (Å²) in [5, 5.41) is 8.25. The van der Waals surface area contributed by atoms with Crippen LogP contribution in [0.3, 0.4) is 0 Å². The molecule has 0 fully saturated rings. The van der Waals surface area contributed by atoms with Gasteiger partial charge >= 0.3 is 0 Å². The van der Waals surface area contributed by atoms with Crippen molar-refractivity contribution in [3.63, 3.8) is 0 Å². The summed E-state index contributed by atoms with van der Waals surface area (Å²) < 4.78 is 4.97. The molecule has 1 N–H and O–H groups in total. The maximum Gasteiger partial charge on any atom is 0.0726 e. The van der Waals surface area contributed by atoms with Crippen LogP contribution in [-0.2, 0) is 4.74 Å². The normalized spacial score (nSPS) is 13.2. The van der Waals surface area contributed by atoms with E-state index in [-0.39, 0.29) is 12.7 Å².